The van der Waals surface area contributed by atoms with Crippen molar-refractivity contribution in [3.8, 4) is 11.5 Å². The number of carboxylic acid groups (broad SMARTS) is 3. The van der Waals surface area contributed by atoms with E-state index >= 15 is 4.79 Å². The topological polar surface area (TPSA) is 299 Å². The van der Waals surface area contributed by atoms with Crippen molar-refractivity contribution in [2.24, 2.45) is 22.2 Å². The van der Waals surface area contributed by atoms with Crippen molar-refractivity contribution in [1.29, 1.82) is 0 Å². The second-order valence-corrected chi connectivity index (χ2v) is 11.5. The fraction of sp³-hybridized carbons (Fsp3) is 0.286. The minimum Gasteiger partial charge on any atom is -0.482 e. The van der Waals surface area contributed by atoms with Crippen molar-refractivity contribution in [3.63, 3.8) is 0 Å². The van der Waals surface area contributed by atoms with Crippen molar-refractivity contribution in [1.82, 2.24) is 15.5 Å². The fourth-order valence-electron chi connectivity index (χ4n) is 5.14. The normalized spacial score (nSPS) is 11.1. The maximum Gasteiger partial charge on any atom is 0.341 e. The van der Waals surface area contributed by atoms with Gasteiger partial charge in [-0.15, -0.1) is 0 Å². The number of primary amides is 1. The average Bonchev–Trinajstić information content (AvgIpc) is 3.12. The minimum atomic E-state index is -1.30. The first-order valence-electron chi connectivity index (χ1n) is 16.1. The number of benzene rings is 3. The van der Waals surface area contributed by atoms with Crippen LogP contribution in [0, 0.1) is 0 Å². The number of amides is 4. The van der Waals surface area contributed by atoms with E-state index in [1.807, 2.05) is 0 Å². The highest BCUT2D eigenvalue weighted by atomic mass is 16.5. The number of nitrogens with zero attached hydrogens (tertiary/aromatic N) is 2. The molecular formula is C35H41N7O11. The Balaban J connectivity index is 2.14. The van der Waals surface area contributed by atoms with E-state index in [-0.39, 0.29) is 49.9 Å². The lowest BCUT2D eigenvalue weighted by Gasteiger charge is -2.34. The first-order valence-corrected chi connectivity index (χ1v) is 16.1. The number of nitrogens with two attached hydrogens (primary N) is 3. The molecule has 0 aliphatic rings. The number of ether oxygens (including phenoxy) is 2. The van der Waals surface area contributed by atoms with Crippen molar-refractivity contribution in [2.75, 3.05) is 26.3 Å². The SMILES string of the molecule is NC(=O)NCc1ccc(CN(C(=O)C(c2ccc(OCC(=O)O)cc2)c2ccc(OCC(=O)O)cc2)[C@H](CCCN=C(N)N)C(=O)NCC(=O)O)cc1. The quantitative estimate of drug-likeness (QED) is 0.0422. The highest BCUT2D eigenvalue weighted by Crippen LogP contribution is 2.32. The summed E-state index contributed by atoms with van der Waals surface area (Å²) in [7, 11) is 0. The Morgan fingerprint density at radius 1 is 0.698 bits per heavy atom. The van der Waals surface area contributed by atoms with E-state index in [2.05, 4.69) is 15.6 Å². The summed E-state index contributed by atoms with van der Waals surface area (Å²) >= 11 is 0. The highest BCUT2D eigenvalue weighted by Gasteiger charge is 2.35. The van der Waals surface area contributed by atoms with Crippen LogP contribution in [0.4, 0.5) is 4.79 Å². The molecule has 3 rings (SSSR count). The summed E-state index contributed by atoms with van der Waals surface area (Å²) in [5, 5.41) is 32.2. The molecule has 0 radical (unpaired) electrons. The number of hydrogen-bond acceptors (Lipinski definition) is 9. The molecular weight excluding hydrogens is 694 g/mol. The zero-order valence-corrected chi connectivity index (χ0v) is 28.5. The van der Waals surface area contributed by atoms with Crippen LogP contribution in [0.15, 0.2) is 77.8 Å². The molecule has 0 aliphatic carbocycles. The zero-order valence-electron chi connectivity index (χ0n) is 28.5. The predicted molar refractivity (Wildman–Crippen MR) is 189 cm³/mol. The third-order valence-corrected chi connectivity index (χ3v) is 7.55. The number of carboxylic acids is 3. The number of urea groups is 1. The van der Waals surface area contributed by atoms with E-state index in [0.717, 1.165) is 0 Å². The van der Waals surface area contributed by atoms with Gasteiger partial charge in [-0.2, -0.15) is 0 Å². The molecule has 18 nitrogen and oxygen atoms in total. The lowest BCUT2D eigenvalue weighted by molar-refractivity contribution is -0.143. The molecule has 11 N–H and O–H groups in total. The van der Waals surface area contributed by atoms with Crippen LogP contribution < -0.4 is 37.3 Å². The summed E-state index contributed by atoms with van der Waals surface area (Å²) in [6.45, 7) is -1.80. The van der Waals surface area contributed by atoms with Crippen LogP contribution >= 0.6 is 0 Å². The van der Waals surface area contributed by atoms with Crippen LogP contribution in [0.5, 0.6) is 11.5 Å². The molecule has 0 bridgehead atoms. The molecule has 0 unspecified atom stereocenters. The van der Waals surface area contributed by atoms with E-state index in [0.29, 0.717) is 22.3 Å². The number of hydrogen-bond donors (Lipinski definition) is 8. The lowest BCUT2D eigenvalue weighted by atomic mass is 9.88. The number of aliphatic carboxylic acids is 3. The first-order chi connectivity index (χ1) is 25.2. The van der Waals surface area contributed by atoms with Crippen molar-refractivity contribution in [2.45, 2.75) is 37.9 Å². The Bertz CT molecular complexity index is 1700. The van der Waals surface area contributed by atoms with Gasteiger partial charge >= 0.3 is 23.9 Å². The second kappa shape index (κ2) is 20.1. The van der Waals surface area contributed by atoms with Gasteiger partial charge < -0.3 is 57.5 Å². The Morgan fingerprint density at radius 2 is 1.21 bits per heavy atom. The Kier molecular flexibility index (Phi) is 15.4. The van der Waals surface area contributed by atoms with Crippen molar-refractivity contribution in [3.05, 3.63) is 95.1 Å². The molecule has 282 valence electrons. The number of guanidine groups is 1. The standard InChI is InChI=1S/C35H41N7O11/c36-34(37)39-15-1-2-27(32(49)40-17-28(43)44)42(18-22-5-3-21(4-6-22)16-41-35(38)51)33(50)31(23-7-11-25(12-8-23)52-19-29(45)46)24-9-13-26(14-10-24)53-20-30(47)48/h3-14,27,31H,1-2,15-20H2,(H,40,49)(H,43,44)(H,45,46)(H,47,48)(H4,36,37,39)(H3,38,41,51)/t27-/m1/s1. The summed E-state index contributed by atoms with van der Waals surface area (Å²) in [5.74, 6) is -5.86. The van der Waals surface area contributed by atoms with Gasteiger partial charge in [0.1, 0.15) is 24.1 Å². The maximum absolute atomic E-state index is 15.0. The summed E-state index contributed by atoms with van der Waals surface area (Å²) in [4.78, 5) is 78.7. The molecule has 0 saturated heterocycles. The summed E-state index contributed by atoms with van der Waals surface area (Å²) in [5.41, 5.74) is 18.3. The van der Waals surface area contributed by atoms with Gasteiger partial charge in [-0.25, -0.2) is 14.4 Å². The number of nitrogens with one attached hydrogen (secondary N) is 2. The Hall–Kier alpha value is -6.85. The third kappa shape index (κ3) is 13.8. The number of carbonyl (C=O) groups is 6. The van der Waals surface area contributed by atoms with Crippen LogP contribution in [-0.4, -0.2) is 94.3 Å². The average molecular weight is 736 g/mol. The zero-order chi connectivity index (χ0) is 38.9. The molecule has 3 aromatic rings. The van der Waals surface area contributed by atoms with Crippen molar-refractivity contribution >= 4 is 41.7 Å². The Morgan fingerprint density at radius 3 is 1.66 bits per heavy atom. The van der Waals surface area contributed by atoms with Crippen LogP contribution in [0.1, 0.15) is 41.0 Å². The van der Waals surface area contributed by atoms with Gasteiger partial charge in [-0.1, -0.05) is 48.5 Å². The van der Waals surface area contributed by atoms with Gasteiger partial charge in [-0.05, 0) is 59.4 Å². The van der Waals surface area contributed by atoms with Gasteiger partial charge in [0.15, 0.2) is 19.2 Å². The highest BCUT2D eigenvalue weighted by molar-refractivity contribution is 5.93. The lowest BCUT2D eigenvalue weighted by Crippen LogP contribution is -2.51. The molecule has 3 aromatic carbocycles. The first kappa shape index (κ1) is 40.6. The number of carbonyl (C=O) groups excluding carboxylic acids is 3. The molecule has 53 heavy (non-hydrogen) atoms. The molecule has 0 fully saturated rings. The summed E-state index contributed by atoms with van der Waals surface area (Å²) < 4.78 is 10.5. The smallest absolute Gasteiger partial charge is 0.341 e. The monoisotopic (exact) mass is 735 g/mol. The fourth-order valence-corrected chi connectivity index (χ4v) is 5.14. The molecule has 0 aromatic heterocycles. The Labute approximate surface area is 303 Å². The van der Waals surface area contributed by atoms with Crippen molar-refractivity contribution < 1.29 is 53.6 Å². The summed E-state index contributed by atoms with van der Waals surface area (Å²) in [6, 6.07) is 17.0. The van der Waals surface area contributed by atoms with E-state index in [1.165, 1.54) is 29.2 Å². The molecule has 0 heterocycles. The minimum absolute atomic E-state index is 0.0191. The molecule has 4 amide bonds. The van der Waals surface area contributed by atoms with E-state index < -0.39 is 67.5 Å². The molecule has 18 heteroatoms. The molecule has 0 spiro atoms. The number of rotatable bonds is 21. The van der Waals surface area contributed by atoms with Crippen LogP contribution in [0.3, 0.4) is 0 Å². The molecule has 0 aliphatic heterocycles. The van der Waals surface area contributed by atoms with E-state index in [9.17, 15) is 29.1 Å². The van der Waals surface area contributed by atoms with Gasteiger partial charge in [0, 0.05) is 19.6 Å². The van der Waals surface area contributed by atoms with Gasteiger partial charge in [-0.3, -0.25) is 19.4 Å². The van der Waals surface area contributed by atoms with Crippen LogP contribution in [0.2, 0.25) is 0 Å². The predicted octanol–water partition coefficient (Wildman–Crippen LogP) is 0.565. The molecule has 1 atom stereocenters. The number of aliphatic imine (C=N–C) groups is 1. The second-order valence-electron chi connectivity index (χ2n) is 11.5. The summed E-state index contributed by atoms with van der Waals surface area (Å²) in [6.07, 6.45) is 0.242. The molecule has 0 saturated carbocycles. The van der Waals surface area contributed by atoms with Gasteiger partial charge in [0.2, 0.25) is 11.8 Å². The van der Waals surface area contributed by atoms with Gasteiger partial charge in [0.05, 0.1) is 5.92 Å². The van der Waals surface area contributed by atoms with E-state index in [1.54, 1.807) is 48.5 Å². The third-order valence-electron chi connectivity index (χ3n) is 7.55. The van der Waals surface area contributed by atoms with Crippen LogP contribution in [0.25, 0.3) is 0 Å². The van der Waals surface area contributed by atoms with Gasteiger partial charge in [0.25, 0.3) is 0 Å². The largest absolute Gasteiger partial charge is 0.482 e. The van der Waals surface area contributed by atoms with E-state index in [4.69, 9.17) is 36.9 Å². The van der Waals surface area contributed by atoms with Crippen LogP contribution in [-0.2, 0) is 37.1 Å². The maximum atomic E-state index is 15.0.